The Morgan fingerprint density at radius 3 is 2.67 bits per heavy atom. The first-order valence-electron chi connectivity index (χ1n) is 9.34. The second kappa shape index (κ2) is 5.72. The number of ether oxygens (including phenoxy) is 2. The summed E-state index contributed by atoms with van der Waals surface area (Å²) in [7, 11) is 1.43. The fraction of sp³-hybridized carbons (Fsp3) is 0.762. The predicted molar refractivity (Wildman–Crippen MR) is 95.7 cm³/mol. The summed E-state index contributed by atoms with van der Waals surface area (Å²) in [6.07, 6.45) is 8.47. The third-order valence-electron chi connectivity index (χ3n) is 6.90. The molecule has 3 heteroatoms. The van der Waals surface area contributed by atoms with E-state index in [9.17, 15) is 4.79 Å². The van der Waals surface area contributed by atoms with E-state index in [0.29, 0.717) is 5.92 Å². The van der Waals surface area contributed by atoms with Crippen LogP contribution in [0.3, 0.4) is 0 Å². The van der Waals surface area contributed by atoms with Crippen LogP contribution in [0.15, 0.2) is 22.8 Å². The van der Waals surface area contributed by atoms with E-state index in [2.05, 4.69) is 27.7 Å². The van der Waals surface area contributed by atoms with Gasteiger partial charge in [-0.1, -0.05) is 31.9 Å². The summed E-state index contributed by atoms with van der Waals surface area (Å²) in [4.78, 5) is 11.6. The summed E-state index contributed by atoms with van der Waals surface area (Å²) in [6, 6.07) is 0. The van der Waals surface area contributed by atoms with Crippen molar-refractivity contribution in [3.05, 3.63) is 22.8 Å². The molecule has 0 N–H and O–H groups in total. The zero-order chi connectivity index (χ0) is 17.8. The molecule has 134 valence electrons. The minimum absolute atomic E-state index is 0.0945. The molecule has 0 radical (unpaired) electrons. The van der Waals surface area contributed by atoms with Crippen molar-refractivity contribution in [2.24, 2.45) is 11.3 Å². The number of hydrogen-bond acceptors (Lipinski definition) is 3. The summed E-state index contributed by atoms with van der Waals surface area (Å²) in [5, 5.41) is 0. The van der Waals surface area contributed by atoms with Gasteiger partial charge in [0.1, 0.15) is 11.2 Å². The Balaban J connectivity index is 2.03. The zero-order valence-corrected chi connectivity index (χ0v) is 16.1. The molecule has 3 rings (SSSR count). The van der Waals surface area contributed by atoms with Gasteiger partial charge >= 0.3 is 5.97 Å². The highest BCUT2D eigenvalue weighted by atomic mass is 16.6. The predicted octanol–water partition coefficient (Wildman–Crippen LogP) is 4.96. The Labute approximate surface area is 146 Å². The molecule has 3 atom stereocenters. The molecular weight excluding hydrogens is 300 g/mol. The Morgan fingerprint density at radius 2 is 2.00 bits per heavy atom. The number of methoxy groups -OCH3 is 1. The van der Waals surface area contributed by atoms with E-state index in [0.717, 1.165) is 18.4 Å². The van der Waals surface area contributed by atoms with Crippen molar-refractivity contribution in [1.82, 2.24) is 0 Å². The molecule has 1 saturated heterocycles. The van der Waals surface area contributed by atoms with Gasteiger partial charge < -0.3 is 9.47 Å². The zero-order valence-electron chi connectivity index (χ0n) is 16.1. The lowest BCUT2D eigenvalue weighted by atomic mass is 9.67. The molecule has 0 aromatic heterocycles. The van der Waals surface area contributed by atoms with Crippen LogP contribution in [0.5, 0.6) is 0 Å². The van der Waals surface area contributed by atoms with Gasteiger partial charge in [-0.05, 0) is 62.9 Å². The van der Waals surface area contributed by atoms with Gasteiger partial charge in [0.25, 0.3) is 0 Å². The van der Waals surface area contributed by atoms with Crippen LogP contribution in [0.2, 0.25) is 0 Å². The van der Waals surface area contributed by atoms with Crippen molar-refractivity contribution in [3.8, 4) is 0 Å². The Bertz CT molecular complexity index is 613. The van der Waals surface area contributed by atoms with E-state index in [-0.39, 0.29) is 22.6 Å². The van der Waals surface area contributed by atoms with Gasteiger partial charge in [-0.3, -0.25) is 0 Å². The lowest BCUT2D eigenvalue weighted by Gasteiger charge is -2.37. The van der Waals surface area contributed by atoms with Crippen molar-refractivity contribution in [2.45, 2.75) is 84.3 Å². The molecule has 0 spiro atoms. The molecule has 1 fully saturated rings. The summed E-state index contributed by atoms with van der Waals surface area (Å²) >= 11 is 0. The smallest absolute Gasteiger partial charge is 0.330 e. The molecule has 0 aromatic rings. The first kappa shape index (κ1) is 17.7. The van der Waals surface area contributed by atoms with Crippen LogP contribution in [-0.4, -0.2) is 24.3 Å². The lowest BCUT2D eigenvalue weighted by Crippen LogP contribution is -2.33. The molecule has 2 aliphatic carbocycles. The molecule has 3 aliphatic rings. The number of hydrogen-bond donors (Lipinski definition) is 0. The first-order chi connectivity index (χ1) is 11.2. The van der Waals surface area contributed by atoms with Crippen LogP contribution in [0, 0.1) is 11.3 Å². The summed E-state index contributed by atoms with van der Waals surface area (Å²) in [6.45, 7) is 11.4. The van der Waals surface area contributed by atoms with E-state index < -0.39 is 0 Å². The quantitative estimate of drug-likeness (QED) is 0.317. The fourth-order valence-electron chi connectivity index (χ4n) is 5.21. The maximum absolute atomic E-state index is 11.6. The molecule has 3 unspecified atom stereocenters. The average Bonchev–Trinajstić information content (AvgIpc) is 3.11. The maximum atomic E-state index is 11.6. The SMILES string of the molecule is COC(=O)C=C(C)CC12OC1(C)C(C)CCC1=C2CCCC1(C)C. The van der Waals surface area contributed by atoms with Gasteiger partial charge in [-0.25, -0.2) is 4.79 Å². The Hall–Kier alpha value is -1.09. The van der Waals surface area contributed by atoms with Crippen molar-refractivity contribution >= 4 is 5.97 Å². The molecule has 0 saturated carbocycles. The van der Waals surface area contributed by atoms with Crippen LogP contribution < -0.4 is 0 Å². The van der Waals surface area contributed by atoms with Crippen molar-refractivity contribution in [1.29, 1.82) is 0 Å². The van der Waals surface area contributed by atoms with E-state index in [1.54, 1.807) is 17.2 Å². The van der Waals surface area contributed by atoms with Crippen LogP contribution in [0.25, 0.3) is 0 Å². The van der Waals surface area contributed by atoms with Crippen molar-refractivity contribution in [2.75, 3.05) is 7.11 Å². The van der Waals surface area contributed by atoms with Gasteiger partial charge in [0, 0.05) is 12.5 Å². The van der Waals surface area contributed by atoms with Crippen LogP contribution in [0.1, 0.15) is 73.1 Å². The number of carbonyl (C=O) groups is 1. The standard InChI is InChI=1S/C21H32O3/c1-14(12-18(22)23-6)13-21-17-8-7-11-19(3,4)16(17)10-9-15(2)20(21,5)24-21/h12,15H,7-11,13H2,1-6H3. The number of fused-ring (bicyclic) bond motifs is 2. The molecule has 0 bridgehead atoms. The third kappa shape index (κ3) is 2.56. The summed E-state index contributed by atoms with van der Waals surface area (Å²) in [5.74, 6) is 0.260. The van der Waals surface area contributed by atoms with E-state index in [4.69, 9.17) is 9.47 Å². The molecule has 0 amide bonds. The van der Waals surface area contributed by atoms with E-state index >= 15 is 0 Å². The number of epoxide rings is 1. The van der Waals surface area contributed by atoms with Gasteiger partial charge in [0.05, 0.1) is 7.11 Å². The third-order valence-corrected chi connectivity index (χ3v) is 6.90. The first-order valence-corrected chi connectivity index (χ1v) is 9.34. The van der Waals surface area contributed by atoms with Gasteiger partial charge in [0.15, 0.2) is 0 Å². The molecule has 24 heavy (non-hydrogen) atoms. The summed E-state index contributed by atoms with van der Waals surface area (Å²) < 4.78 is 11.3. The molecule has 1 heterocycles. The van der Waals surface area contributed by atoms with Crippen LogP contribution in [0.4, 0.5) is 0 Å². The highest BCUT2D eigenvalue weighted by Gasteiger charge is 2.71. The van der Waals surface area contributed by atoms with Crippen molar-refractivity contribution < 1.29 is 14.3 Å². The number of rotatable bonds is 3. The van der Waals surface area contributed by atoms with Gasteiger partial charge in [0.2, 0.25) is 0 Å². The fourth-order valence-corrected chi connectivity index (χ4v) is 5.21. The number of esters is 1. The largest absolute Gasteiger partial charge is 0.466 e. The molecule has 1 aliphatic heterocycles. The van der Waals surface area contributed by atoms with Crippen molar-refractivity contribution in [3.63, 3.8) is 0 Å². The lowest BCUT2D eigenvalue weighted by molar-refractivity contribution is -0.134. The van der Waals surface area contributed by atoms with E-state index in [1.807, 2.05) is 6.92 Å². The molecule has 0 aromatic carbocycles. The minimum Gasteiger partial charge on any atom is -0.466 e. The highest BCUT2D eigenvalue weighted by Crippen LogP contribution is 2.66. The highest BCUT2D eigenvalue weighted by molar-refractivity contribution is 5.82. The maximum Gasteiger partial charge on any atom is 0.330 e. The van der Waals surface area contributed by atoms with Crippen LogP contribution >= 0.6 is 0 Å². The second-order valence-corrected chi connectivity index (χ2v) is 8.86. The summed E-state index contributed by atoms with van der Waals surface area (Å²) in [5.41, 5.74) is 4.20. The molecule has 3 nitrogen and oxygen atoms in total. The number of allylic oxidation sites excluding steroid dienone is 1. The Morgan fingerprint density at radius 1 is 1.29 bits per heavy atom. The monoisotopic (exact) mass is 332 g/mol. The Kier molecular flexibility index (Phi) is 4.23. The normalized spacial score (nSPS) is 38.1. The second-order valence-electron chi connectivity index (χ2n) is 8.86. The minimum atomic E-state index is -0.272. The number of carbonyl (C=O) groups excluding carboxylic acids is 1. The topological polar surface area (TPSA) is 38.8 Å². The molecular formula is C21H32O3. The van der Waals surface area contributed by atoms with E-state index in [1.165, 1.54) is 32.8 Å². The van der Waals surface area contributed by atoms with Gasteiger partial charge in [-0.2, -0.15) is 0 Å². The van der Waals surface area contributed by atoms with Gasteiger partial charge in [-0.15, -0.1) is 0 Å². The van der Waals surface area contributed by atoms with Crippen LogP contribution in [-0.2, 0) is 14.3 Å². The average molecular weight is 332 g/mol.